The monoisotopic (exact) mass is 373 g/mol. The van der Waals surface area contributed by atoms with Crippen LogP contribution in [-0.4, -0.2) is 13.7 Å². The minimum atomic E-state index is 0.131. The number of benzene rings is 1. The van der Waals surface area contributed by atoms with Crippen LogP contribution in [0, 0.1) is 22.7 Å². The van der Waals surface area contributed by atoms with Crippen LogP contribution in [0.3, 0.4) is 0 Å². The van der Waals surface area contributed by atoms with Crippen molar-refractivity contribution in [2.75, 3.05) is 19.5 Å². The van der Waals surface area contributed by atoms with Crippen molar-refractivity contribution < 1.29 is 14.5 Å². The van der Waals surface area contributed by atoms with Gasteiger partial charge < -0.3 is 9.47 Å². The summed E-state index contributed by atoms with van der Waals surface area (Å²) in [6, 6.07) is 9.45. The number of hydrogen-bond acceptors (Lipinski definition) is 5. The Labute approximate surface area is 142 Å². The lowest BCUT2D eigenvalue weighted by atomic mass is 9.95. The Kier molecular flexibility index (Phi) is 5.05. The van der Waals surface area contributed by atoms with Crippen molar-refractivity contribution in [3.8, 4) is 34.9 Å². The van der Waals surface area contributed by atoms with Gasteiger partial charge in [-0.1, -0.05) is 15.9 Å². The van der Waals surface area contributed by atoms with Crippen LogP contribution in [-0.2, 0) is 0 Å². The molecule has 0 spiro atoms. The minimum absolute atomic E-state index is 0.131. The molecule has 0 aliphatic carbocycles. The Morgan fingerprint density at radius 3 is 2.52 bits per heavy atom. The molecular formula is C16H14BrN4O2+. The topological polar surface area (TPSA) is 106 Å². The van der Waals surface area contributed by atoms with Crippen molar-refractivity contribution in [1.82, 2.24) is 0 Å². The summed E-state index contributed by atoms with van der Waals surface area (Å²) in [7, 11) is 1.52. The highest BCUT2D eigenvalue weighted by Crippen LogP contribution is 2.39. The quantitative estimate of drug-likeness (QED) is 0.886. The molecule has 3 N–H and O–H groups in total. The minimum Gasteiger partial charge on any atom is -0.496 e. The Bertz CT molecular complexity index is 837. The Morgan fingerprint density at radius 2 is 1.96 bits per heavy atom. The number of nitrogen functional groups attached to an aromatic ring is 1. The smallest absolute Gasteiger partial charge is 0.301 e. The molecule has 0 saturated heterocycles. The molecule has 7 heteroatoms. The summed E-state index contributed by atoms with van der Waals surface area (Å²) in [5, 5.41) is 19.1. The van der Waals surface area contributed by atoms with Crippen LogP contribution >= 0.6 is 15.9 Å². The average molecular weight is 374 g/mol. The van der Waals surface area contributed by atoms with Gasteiger partial charge in [-0.2, -0.15) is 10.5 Å². The molecule has 116 valence electrons. The number of halogens is 1. The number of nitriles is 2. The molecule has 23 heavy (non-hydrogen) atoms. The number of methoxy groups -OCH3 is 1. The first-order chi connectivity index (χ1) is 11.1. The van der Waals surface area contributed by atoms with E-state index in [4.69, 9.17) is 15.2 Å². The zero-order valence-electron chi connectivity index (χ0n) is 12.6. The van der Waals surface area contributed by atoms with Crippen molar-refractivity contribution in [2.24, 2.45) is 0 Å². The molecule has 0 fully saturated rings. The maximum Gasteiger partial charge on any atom is 0.301 e. The van der Waals surface area contributed by atoms with Crippen LogP contribution in [0.15, 0.2) is 22.7 Å². The number of nitrogens with one attached hydrogen (secondary N) is 1. The molecule has 1 aromatic heterocycles. The molecule has 1 aromatic carbocycles. The first-order valence-electron chi connectivity index (χ1n) is 6.73. The summed E-state index contributed by atoms with van der Waals surface area (Å²) in [5.74, 6) is 0.879. The van der Waals surface area contributed by atoms with Crippen molar-refractivity contribution >= 4 is 21.7 Å². The van der Waals surface area contributed by atoms with E-state index in [2.05, 4.69) is 27.0 Å². The fraction of sp³-hybridized carbons (Fsp3) is 0.188. The van der Waals surface area contributed by atoms with Gasteiger partial charge in [0.25, 0.3) is 5.82 Å². The third-order valence-electron chi connectivity index (χ3n) is 3.19. The first-order valence-corrected chi connectivity index (χ1v) is 7.52. The number of anilines is 1. The van der Waals surface area contributed by atoms with E-state index < -0.39 is 0 Å². The number of pyridine rings is 1. The van der Waals surface area contributed by atoms with E-state index in [9.17, 15) is 10.5 Å². The van der Waals surface area contributed by atoms with E-state index in [1.54, 1.807) is 19.1 Å². The number of H-pyrrole nitrogens is 1. The molecule has 0 atom stereocenters. The predicted molar refractivity (Wildman–Crippen MR) is 87.7 cm³/mol. The summed E-state index contributed by atoms with van der Waals surface area (Å²) in [6.45, 7) is 2.15. The van der Waals surface area contributed by atoms with Gasteiger partial charge in [0.1, 0.15) is 23.5 Å². The zero-order chi connectivity index (χ0) is 17.0. The summed E-state index contributed by atoms with van der Waals surface area (Å²) < 4.78 is 11.6. The molecule has 0 amide bonds. The molecule has 0 aliphatic heterocycles. The number of nitrogens with zero attached hydrogens (tertiary/aromatic N) is 2. The third kappa shape index (κ3) is 3.05. The molecule has 1 heterocycles. The number of aromatic nitrogens is 1. The lowest BCUT2D eigenvalue weighted by Gasteiger charge is -2.13. The van der Waals surface area contributed by atoms with E-state index in [0.717, 1.165) is 4.47 Å². The molecule has 6 nitrogen and oxygen atoms in total. The molecular weight excluding hydrogens is 360 g/mol. The maximum atomic E-state index is 9.58. The fourth-order valence-corrected chi connectivity index (χ4v) is 2.60. The van der Waals surface area contributed by atoms with E-state index in [-0.39, 0.29) is 22.8 Å². The zero-order valence-corrected chi connectivity index (χ0v) is 14.2. The number of rotatable bonds is 4. The highest BCUT2D eigenvalue weighted by Gasteiger charge is 2.26. The Balaban J connectivity index is 2.93. The van der Waals surface area contributed by atoms with Crippen molar-refractivity contribution in [1.29, 1.82) is 10.5 Å². The maximum absolute atomic E-state index is 9.58. The van der Waals surface area contributed by atoms with Gasteiger partial charge in [0.15, 0.2) is 5.56 Å². The summed E-state index contributed by atoms with van der Waals surface area (Å²) in [4.78, 5) is 2.77. The molecule has 0 unspecified atom stereocenters. The van der Waals surface area contributed by atoms with Crippen LogP contribution in [0.25, 0.3) is 11.1 Å². The molecule has 0 aliphatic rings. The summed E-state index contributed by atoms with van der Waals surface area (Å²) >= 11 is 3.39. The number of aromatic amines is 1. The lowest BCUT2D eigenvalue weighted by molar-refractivity contribution is -0.377. The van der Waals surface area contributed by atoms with Crippen LogP contribution < -0.4 is 20.2 Å². The average Bonchev–Trinajstić information content (AvgIpc) is 2.54. The molecule has 0 bridgehead atoms. The standard InChI is InChI=1S/C16H13BrN4O2/c1-3-23-16-12(8-19)14(11(7-18)15(20)21-16)10-6-9(17)4-5-13(10)22-2/h4-6H,3H2,1-2H3,(H2,20,21)/p+1. The van der Waals surface area contributed by atoms with Crippen LogP contribution in [0.4, 0.5) is 5.82 Å². The van der Waals surface area contributed by atoms with Gasteiger partial charge in [0, 0.05) is 15.6 Å². The van der Waals surface area contributed by atoms with Gasteiger partial charge >= 0.3 is 5.88 Å². The Hall–Kier alpha value is -2.77. The largest absolute Gasteiger partial charge is 0.496 e. The number of hydrogen-bond donors (Lipinski definition) is 1. The summed E-state index contributed by atoms with van der Waals surface area (Å²) in [5.41, 5.74) is 7.27. The second kappa shape index (κ2) is 6.99. The second-order valence-electron chi connectivity index (χ2n) is 4.49. The molecule has 0 saturated carbocycles. The van der Waals surface area contributed by atoms with Crippen LogP contribution in [0.1, 0.15) is 18.1 Å². The predicted octanol–water partition coefficient (Wildman–Crippen LogP) is 2.66. The van der Waals surface area contributed by atoms with Gasteiger partial charge in [-0.15, -0.1) is 0 Å². The van der Waals surface area contributed by atoms with Crippen molar-refractivity contribution in [3.05, 3.63) is 33.8 Å². The molecule has 2 rings (SSSR count). The van der Waals surface area contributed by atoms with E-state index in [1.807, 2.05) is 12.1 Å². The van der Waals surface area contributed by atoms with E-state index in [0.29, 0.717) is 23.5 Å². The first kappa shape index (κ1) is 16.6. The normalized spacial score (nSPS) is 9.78. The van der Waals surface area contributed by atoms with Gasteiger partial charge in [-0.05, 0) is 25.1 Å². The summed E-state index contributed by atoms with van der Waals surface area (Å²) in [6.07, 6.45) is 0. The Morgan fingerprint density at radius 1 is 1.26 bits per heavy atom. The third-order valence-corrected chi connectivity index (χ3v) is 3.68. The fourth-order valence-electron chi connectivity index (χ4n) is 2.24. The SMILES string of the molecule is CCOc1[nH+]c(N)c(C#N)c(-c2cc(Br)ccc2OC)c1C#N. The number of nitrogens with two attached hydrogens (primary N) is 1. The van der Waals surface area contributed by atoms with Gasteiger partial charge in [0.05, 0.1) is 13.7 Å². The van der Waals surface area contributed by atoms with Gasteiger partial charge in [-0.3, -0.25) is 5.73 Å². The highest BCUT2D eigenvalue weighted by molar-refractivity contribution is 9.10. The highest BCUT2D eigenvalue weighted by atomic mass is 79.9. The molecule has 0 radical (unpaired) electrons. The second-order valence-corrected chi connectivity index (χ2v) is 5.41. The van der Waals surface area contributed by atoms with Crippen LogP contribution in [0.2, 0.25) is 0 Å². The van der Waals surface area contributed by atoms with E-state index in [1.165, 1.54) is 7.11 Å². The van der Waals surface area contributed by atoms with Gasteiger partial charge in [0.2, 0.25) is 0 Å². The van der Waals surface area contributed by atoms with E-state index >= 15 is 0 Å². The lowest BCUT2D eigenvalue weighted by Crippen LogP contribution is -2.19. The van der Waals surface area contributed by atoms with Crippen LogP contribution in [0.5, 0.6) is 11.6 Å². The van der Waals surface area contributed by atoms with Gasteiger partial charge in [-0.25, -0.2) is 4.98 Å². The van der Waals surface area contributed by atoms with Crippen molar-refractivity contribution in [3.63, 3.8) is 0 Å². The molecule has 2 aromatic rings. The van der Waals surface area contributed by atoms with Crippen molar-refractivity contribution in [2.45, 2.75) is 6.92 Å². The number of ether oxygens (including phenoxy) is 2.